The van der Waals surface area contributed by atoms with Crippen molar-refractivity contribution in [3.05, 3.63) is 83.9 Å². The first kappa shape index (κ1) is 12.6. The summed E-state index contributed by atoms with van der Waals surface area (Å²) >= 11 is 0. The molecular weight excluding hydrogens is 278 g/mol. The lowest BCUT2D eigenvalue weighted by Crippen LogP contribution is -1.92. The monoisotopic (exact) mass is 293 g/mol. The van der Waals surface area contributed by atoms with E-state index >= 15 is 0 Å². The standard InChI is InChI=1S/C22H15N/c1-3-7-19-15(5-1)9-11-17-13-23-14-18-12-10-16-6-2-4-8-20(16)22(18)21(17)19/h1-13H,14H2. The number of rotatable bonds is 0. The molecule has 23 heavy (non-hydrogen) atoms. The Morgan fingerprint density at radius 3 is 2.04 bits per heavy atom. The minimum absolute atomic E-state index is 0.739. The number of fused-ring (bicyclic) bond motifs is 7. The highest BCUT2D eigenvalue weighted by atomic mass is 14.7. The van der Waals surface area contributed by atoms with Crippen molar-refractivity contribution >= 4 is 27.8 Å². The van der Waals surface area contributed by atoms with E-state index in [1.54, 1.807) is 0 Å². The van der Waals surface area contributed by atoms with Gasteiger partial charge < -0.3 is 0 Å². The smallest absolute Gasteiger partial charge is 0.0646 e. The average Bonchev–Trinajstić information content (AvgIpc) is 2.81. The number of benzene rings is 4. The second-order valence-corrected chi connectivity index (χ2v) is 6.04. The van der Waals surface area contributed by atoms with Crippen LogP contribution in [-0.2, 0) is 6.54 Å². The summed E-state index contributed by atoms with van der Waals surface area (Å²) in [6.45, 7) is 0.739. The third-order valence-corrected chi connectivity index (χ3v) is 4.72. The summed E-state index contributed by atoms with van der Waals surface area (Å²) in [5.41, 5.74) is 5.16. The van der Waals surface area contributed by atoms with Gasteiger partial charge in [0.2, 0.25) is 0 Å². The van der Waals surface area contributed by atoms with Gasteiger partial charge in [0.05, 0.1) is 6.54 Å². The van der Waals surface area contributed by atoms with Gasteiger partial charge in [-0.05, 0) is 38.2 Å². The quantitative estimate of drug-likeness (QED) is 0.400. The van der Waals surface area contributed by atoms with Crippen LogP contribution in [-0.4, -0.2) is 6.21 Å². The van der Waals surface area contributed by atoms with Gasteiger partial charge in [0.1, 0.15) is 0 Å². The predicted molar refractivity (Wildman–Crippen MR) is 98.2 cm³/mol. The number of aliphatic imine (C=N–C) groups is 1. The second kappa shape index (κ2) is 4.79. The fourth-order valence-electron chi connectivity index (χ4n) is 3.66. The summed E-state index contributed by atoms with van der Waals surface area (Å²) < 4.78 is 0. The first-order chi connectivity index (χ1) is 11.4. The molecule has 0 spiro atoms. The molecule has 1 nitrogen and oxygen atoms in total. The van der Waals surface area contributed by atoms with Crippen LogP contribution >= 0.6 is 0 Å². The molecule has 1 heterocycles. The van der Waals surface area contributed by atoms with Crippen LogP contribution in [0, 0.1) is 0 Å². The third kappa shape index (κ3) is 1.83. The minimum atomic E-state index is 0.739. The summed E-state index contributed by atoms with van der Waals surface area (Å²) in [5, 5.41) is 5.18. The Morgan fingerprint density at radius 2 is 1.26 bits per heavy atom. The number of hydrogen-bond acceptors (Lipinski definition) is 1. The summed E-state index contributed by atoms with van der Waals surface area (Å²) in [6.07, 6.45) is 2.02. The zero-order valence-corrected chi connectivity index (χ0v) is 12.7. The van der Waals surface area contributed by atoms with Crippen molar-refractivity contribution in [1.29, 1.82) is 0 Å². The molecule has 0 amide bonds. The summed E-state index contributed by atoms with van der Waals surface area (Å²) in [4.78, 5) is 4.64. The molecule has 0 aliphatic carbocycles. The lowest BCUT2D eigenvalue weighted by Gasteiger charge is -2.15. The van der Waals surface area contributed by atoms with E-state index in [-0.39, 0.29) is 0 Å². The Bertz CT molecular complexity index is 1090. The highest BCUT2D eigenvalue weighted by Crippen LogP contribution is 2.39. The first-order valence-electron chi connectivity index (χ1n) is 7.94. The van der Waals surface area contributed by atoms with Crippen LogP contribution in [0.15, 0.2) is 77.8 Å². The molecule has 1 aliphatic rings. The molecule has 5 rings (SSSR count). The lowest BCUT2D eigenvalue weighted by atomic mass is 9.88. The van der Waals surface area contributed by atoms with Gasteiger partial charge in [-0.2, -0.15) is 0 Å². The van der Waals surface area contributed by atoms with E-state index < -0.39 is 0 Å². The topological polar surface area (TPSA) is 12.4 Å². The van der Waals surface area contributed by atoms with Crippen molar-refractivity contribution in [3.63, 3.8) is 0 Å². The van der Waals surface area contributed by atoms with Crippen molar-refractivity contribution in [2.75, 3.05) is 0 Å². The highest BCUT2D eigenvalue weighted by Gasteiger charge is 2.17. The van der Waals surface area contributed by atoms with Crippen LogP contribution in [0.4, 0.5) is 0 Å². The third-order valence-electron chi connectivity index (χ3n) is 4.72. The van der Waals surface area contributed by atoms with Gasteiger partial charge in [-0.3, -0.25) is 4.99 Å². The maximum absolute atomic E-state index is 4.64. The zero-order valence-electron chi connectivity index (χ0n) is 12.7. The Kier molecular flexibility index (Phi) is 2.62. The molecule has 0 saturated carbocycles. The van der Waals surface area contributed by atoms with Crippen molar-refractivity contribution in [3.8, 4) is 11.1 Å². The fraction of sp³-hybridized carbons (Fsp3) is 0.0455. The Labute approximate surface area is 134 Å². The first-order valence-corrected chi connectivity index (χ1v) is 7.94. The van der Waals surface area contributed by atoms with Crippen molar-refractivity contribution in [2.45, 2.75) is 6.54 Å². The van der Waals surface area contributed by atoms with E-state index in [1.807, 2.05) is 6.21 Å². The SMILES string of the molecule is C1=NCc2ccc3ccccc3c2-c2c1ccc1ccccc21. The number of hydrogen-bond donors (Lipinski definition) is 0. The Balaban J connectivity index is 2.03. The molecule has 0 N–H and O–H groups in total. The molecule has 108 valence electrons. The summed E-state index contributed by atoms with van der Waals surface area (Å²) in [7, 11) is 0. The average molecular weight is 293 g/mol. The van der Waals surface area contributed by atoms with Crippen molar-refractivity contribution in [1.82, 2.24) is 0 Å². The molecule has 1 aliphatic heterocycles. The summed E-state index contributed by atoms with van der Waals surface area (Å²) in [6, 6.07) is 26.1. The fourth-order valence-corrected chi connectivity index (χ4v) is 3.66. The molecule has 0 bridgehead atoms. The molecule has 0 atom stereocenters. The van der Waals surface area contributed by atoms with Crippen molar-refractivity contribution in [2.24, 2.45) is 4.99 Å². The molecule has 1 heteroatoms. The molecule has 0 radical (unpaired) electrons. The van der Waals surface area contributed by atoms with Crippen LogP contribution in [0.3, 0.4) is 0 Å². The molecule has 0 unspecified atom stereocenters. The molecule has 0 fully saturated rings. The summed E-state index contributed by atoms with van der Waals surface area (Å²) in [5.74, 6) is 0. The van der Waals surface area contributed by atoms with E-state index in [0.717, 1.165) is 6.54 Å². The van der Waals surface area contributed by atoms with Gasteiger partial charge in [-0.1, -0.05) is 72.8 Å². The maximum atomic E-state index is 4.64. The van der Waals surface area contributed by atoms with Crippen LogP contribution in [0.1, 0.15) is 11.1 Å². The highest BCUT2D eigenvalue weighted by molar-refractivity contribution is 6.12. The normalized spacial score (nSPS) is 12.9. The number of nitrogens with zero attached hydrogens (tertiary/aromatic N) is 1. The molecule has 4 aromatic rings. The van der Waals surface area contributed by atoms with Crippen LogP contribution in [0.2, 0.25) is 0 Å². The van der Waals surface area contributed by atoms with Crippen LogP contribution < -0.4 is 0 Å². The molecule has 0 aromatic heterocycles. The van der Waals surface area contributed by atoms with Gasteiger partial charge in [-0.15, -0.1) is 0 Å². The van der Waals surface area contributed by atoms with Crippen LogP contribution in [0.5, 0.6) is 0 Å². The predicted octanol–water partition coefficient (Wildman–Crippen LogP) is 5.59. The zero-order chi connectivity index (χ0) is 15.2. The van der Waals surface area contributed by atoms with E-state index in [0.29, 0.717) is 0 Å². The van der Waals surface area contributed by atoms with Gasteiger partial charge in [-0.25, -0.2) is 0 Å². The molecule has 0 saturated heterocycles. The van der Waals surface area contributed by atoms with Gasteiger partial charge in [0, 0.05) is 11.8 Å². The van der Waals surface area contributed by atoms with E-state index in [9.17, 15) is 0 Å². The van der Waals surface area contributed by atoms with E-state index in [4.69, 9.17) is 0 Å². The maximum Gasteiger partial charge on any atom is 0.0646 e. The van der Waals surface area contributed by atoms with Gasteiger partial charge in [0.15, 0.2) is 0 Å². The largest absolute Gasteiger partial charge is 0.288 e. The van der Waals surface area contributed by atoms with Gasteiger partial charge >= 0.3 is 0 Å². The molecular formula is C22H15N. The Morgan fingerprint density at radius 1 is 0.609 bits per heavy atom. The minimum Gasteiger partial charge on any atom is -0.288 e. The van der Waals surface area contributed by atoms with E-state index in [1.165, 1.54) is 43.8 Å². The molecule has 4 aromatic carbocycles. The van der Waals surface area contributed by atoms with E-state index in [2.05, 4.69) is 77.8 Å². The van der Waals surface area contributed by atoms with Gasteiger partial charge in [0.25, 0.3) is 0 Å². The second-order valence-electron chi connectivity index (χ2n) is 6.04. The van der Waals surface area contributed by atoms with Crippen LogP contribution in [0.25, 0.3) is 32.7 Å². The lowest BCUT2D eigenvalue weighted by molar-refractivity contribution is 1.09. The Hall–Kier alpha value is -2.93. The van der Waals surface area contributed by atoms with Crippen molar-refractivity contribution < 1.29 is 0 Å².